The Kier molecular flexibility index (Phi) is 11.6. The molecule has 2 aromatic carbocycles. The summed E-state index contributed by atoms with van der Waals surface area (Å²) in [5.74, 6) is 2.06. The van der Waals surface area contributed by atoms with Gasteiger partial charge in [-0.2, -0.15) is 6.67 Å². The molecule has 0 aliphatic carbocycles. The van der Waals surface area contributed by atoms with Gasteiger partial charge in [0, 0.05) is 24.5 Å². The number of rotatable bonds is 6. The van der Waals surface area contributed by atoms with E-state index in [0.29, 0.717) is 23.7 Å². The molecular weight excluding hydrogens is 458 g/mol. The van der Waals surface area contributed by atoms with Gasteiger partial charge in [0.1, 0.15) is 0 Å². The molecule has 0 N–H and O–H groups in total. The molecule has 1 aliphatic heterocycles. The van der Waals surface area contributed by atoms with E-state index in [1.165, 1.54) is 33.6 Å². The second kappa shape index (κ2) is 12.9. The van der Waals surface area contributed by atoms with E-state index >= 15 is 0 Å². The Morgan fingerprint density at radius 2 is 0.875 bits per heavy atom. The first-order chi connectivity index (χ1) is 14.7. The first-order valence-electron chi connectivity index (χ1n) is 11.5. The summed E-state index contributed by atoms with van der Waals surface area (Å²) < 4.78 is 0. The van der Waals surface area contributed by atoms with Crippen LogP contribution >= 0.6 is 10.2 Å². The number of halogens is 1. The van der Waals surface area contributed by atoms with Crippen LogP contribution in [0.5, 0.6) is 0 Å². The molecule has 2 nitrogen and oxygen atoms in total. The monoisotopic (exact) mass is 499 g/mol. The van der Waals surface area contributed by atoms with Crippen LogP contribution in [-0.2, 0) is 14.6 Å². The van der Waals surface area contributed by atoms with Crippen molar-refractivity contribution in [2.45, 2.75) is 79.1 Å². The Morgan fingerprint density at radius 1 is 0.625 bits per heavy atom. The van der Waals surface area contributed by atoms with Gasteiger partial charge < -0.3 is 17.2 Å². The Labute approximate surface area is 210 Å². The number of anilines is 2. The van der Waals surface area contributed by atoms with E-state index < -0.39 is 0 Å². The van der Waals surface area contributed by atoms with Crippen molar-refractivity contribution >= 4 is 21.6 Å². The van der Waals surface area contributed by atoms with Gasteiger partial charge in [-0.25, -0.2) is 0 Å². The molecule has 0 radical (unpaired) electrons. The fraction of sp³-hybridized carbons (Fsp3) is 0.500. The normalized spacial score (nSPS) is 13.7. The predicted molar refractivity (Wildman–Crippen MR) is 140 cm³/mol. The van der Waals surface area contributed by atoms with Crippen LogP contribution in [0.1, 0.15) is 101 Å². The zero-order chi connectivity index (χ0) is 23.3. The zero-order valence-corrected chi connectivity index (χ0v) is 23.1. The molecule has 3 rings (SSSR count). The molecule has 4 heteroatoms. The summed E-state index contributed by atoms with van der Waals surface area (Å²) >= 11 is 3.35. The summed E-state index contributed by atoms with van der Waals surface area (Å²) in [5, 5.41) is 0. The molecule has 32 heavy (non-hydrogen) atoms. The fourth-order valence-corrected chi connectivity index (χ4v) is 4.53. The average Bonchev–Trinajstić information content (AvgIpc) is 3.23. The summed E-state index contributed by atoms with van der Waals surface area (Å²) in [6.45, 7) is 22.9. The summed E-state index contributed by atoms with van der Waals surface area (Å²) in [6, 6.07) is 13.7. The summed E-state index contributed by atoms with van der Waals surface area (Å²) in [4.78, 5) is 5.01. The molecule has 0 saturated carbocycles. The van der Waals surface area contributed by atoms with Gasteiger partial charge in [0.15, 0.2) is 0 Å². The van der Waals surface area contributed by atoms with Crippen molar-refractivity contribution in [3.8, 4) is 0 Å². The van der Waals surface area contributed by atoms with Crippen molar-refractivity contribution in [1.29, 1.82) is 0 Å². The first-order valence-corrected chi connectivity index (χ1v) is 12.8. The van der Waals surface area contributed by atoms with Crippen LogP contribution in [-0.4, -0.2) is 13.1 Å². The molecule has 0 bridgehead atoms. The second-order valence-electron chi connectivity index (χ2n) is 9.69. The molecule has 0 unspecified atom stereocenters. The standard InChI is InChI=1S/C27H39N2.CH3.ClH.Ni/c1-18(2)22-11-9-12-23(19(3)4)26(22)28-15-16-29(17-28)27-24(20(5)6)13-10-14-25(27)21(7)8;;;/h9-14,17-21H,15-16H2,1-8H3;1H3;1H;/q2*-1;;+1/p-1. The van der Waals surface area contributed by atoms with Crippen LogP contribution in [0, 0.1) is 14.1 Å². The van der Waals surface area contributed by atoms with E-state index in [1.54, 1.807) is 0 Å². The van der Waals surface area contributed by atoms with Gasteiger partial charge in [-0.15, -0.1) is 0 Å². The molecular formula is C28H42ClN2Ni-2. The molecule has 0 aromatic heterocycles. The van der Waals surface area contributed by atoms with Gasteiger partial charge in [-0.3, -0.25) is 0 Å². The van der Waals surface area contributed by atoms with Crippen LogP contribution in [0.3, 0.4) is 0 Å². The van der Waals surface area contributed by atoms with E-state index in [1.807, 2.05) is 0 Å². The zero-order valence-electron chi connectivity index (χ0n) is 21.4. The van der Waals surface area contributed by atoms with Crippen molar-refractivity contribution < 1.29 is 14.6 Å². The van der Waals surface area contributed by atoms with E-state index in [2.05, 4.69) is 133 Å². The molecule has 1 fully saturated rings. The Morgan fingerprint density at radius 3 is 1.09 bits per heavy atom. The molecule has 1 aliphatic rings. The van der Waals surface area contributed by atoms with Crippen LogP contribution in [0.2, 0.25) is 0 Å². The van der Waals surface area contributed by atoms with Crippen molar-refractivity contribution in [1.82, 2.24) is 0 Å². The number of hydrogen-bond acceptors (Lipinski definition) is 2. The molecule has 2 aromatic rings. The van der Waals surface area contributed by atoms with Gasteiger partial charge in [0.2, 0.25) is 0 Å². The second-order valence-corrected chi connectivity index (χ2v) is 9.69. The number of hydrogen-bond donors (Lipinski definition) is 0. The Hall–Kier alpha value is -1.18. The first kappa shape index (κ1) is 28.9. The van der Waals surface area contributed by atoms with Gasteiger partial charge in [-0.05, 0) is 45.9 Å². The third-order valence-corrected chi connectivity index (χ3v) is 6.12. The number of para-hydroxylation sites is 2. The van der Waals surface area contributed by atoms with E-state index in [0.717, 1.165) is 13.1 Å². The third-order valence-electron chi connectivity index (χ3n) is 6.12. The third kappa shape index (κ3) is 6.23. The van der Waals surface area contributed by atoms with Gasteiger partial charge in [0.05, 0.1) is 0 Å². The molecule has 1 heterocycles. The maximum absolute atomic E-state index is 4.26. The number of nitrogens with zero attached hydrogens (tertiary/aromatic N) is 2. The fourth-order valence-electron chi connectivity index (χ4n) is 4.53. The number of benzene rings is 2. The quantitative estimate of drug-likeness (QED) is 0.289. The maximum atomic E-state index is 4.26. The van der Waals surface area contributed by atoms with E-state index in [4.69, 9.17) is 0 Å². The average molecular weight is 501 g/mol. The van der Waals surface area contributed by atoms with Crippen LogP contribution in [0.25, 0.3) is 0 Å². The van der Waals surface area contributed by atoms with Crippen molar-refractivity contribution in [2.24, 2.45) is 0 Å². The topological polar surface area (TPSA) is 6.48 Å². The summed E-state index contributed by atoms with van der Waals surface area (Å²) in [6.07, 6.45) is 0. The minimum absolute atomic E-state index is 0. The minimum atomic E-state index is 0. The van der Waals surface area contributed by atoms with Gasteiger partial charge in [0.25, 0.3) is 0 Å². The SMILES string of the molecule is CC(C)c1cccc(C(C)C)c1N1[CH-]N(c2c(C(C)C)cccc2C(C)C)CC1.[CH3-].[Cl][Ni]. The summed E-state index contributed by atoms with van der Waals surface area (Å²) in [7, 11) is 4.26. The van der Waals surface area contributed by atoms with E-state index in [-0.39, 0.29) is 7.43 Å². The molecule has 1 saturated heterocycles. The van der Waals surface area contributed by atoms with Crippen molar-refractivity contribution in [2.75, 3.05) is 22.9 Å². The Bertz CT molecular complexity index is 723. The predicted octanol–water partition coefficient (Wildman–Crippen LogP) is 8.76. The van der Waals surface area contributed by atoms with Gasteiger partial charge in [-0.1, -0.05) is 91.8 Å². The van der Waals surface area contributed by atoms with Crippen molar-refractivity contribution in [3.63, 3.8) is 0 Å². The Balaban J connectivity index is 0.00000166. The molecule has 183 valence electrons. The molecule has 0 amide bonds. The summed E-state index contributed by atoms with van der Waals surface area (Å²) in [5.41, 5.74) is 8.67. The molecule has 0 spiro atoms. The van der Waals surface area contributed by atoms with Crippen molar-refractivity contribution in [3.05, 3.63) is 72.7 Å². The molecule has 0 atom stereocenters. The van der Waals surface area contributed by atoms with E-state index in [9.17, 15) is 0 Å². The van der Waals surface area contributed by atoms with Crippen LogP contribution in [0.15, 0.2) is 36.4 Å². The van der Waals surface area contributed by atoms with Gasteiger partial charge >= 0.3 is 24.8 Å². The van der Waals surface area contributed by atoms with Crippen LogP contribution in [0.4, 0.5) is 11.4 Å². The van der Waals surface area contributed by atoms with Crippen LogP contribution < -0.4 is 9.80 Å².